The van der Waals surface area contributed by atoms with Crippen LogP contribution in [0.25, 0.3) is 0 Å². The van der Waals surface area contributed by atoms with E-state index >= 15 is 0 Å². The molecule has 0 unspecified atom stereocenters. The lowest BCUT2D eigenvalue weighted by Gasteiger charge is -2.16. The number of carbonyl (C=O) groups is 3. The summed E-state index contributed by atoms with van der Waals surface area (Å²) in [4.78, 5) is 38.8. The van der Waals surface area contributed by atoms with Crippen LogP contribution in [0.1, 0.15) is 18.9 Å². The quantitative estimate of drug-likeness (QED) is 0.440. The highest BCUT2D eigenvalue weighted by Crippen LogP contribution is 2.29. The fraction of sp³-hybridized carbons (Fsp3) is 0.238. The van der Waals surface area contributed by atoms with E-state index in [1.54, 1.807) is 19.1 Å². The molecule has 0 atom stereocenters. The smallest absolute Gasteiger partial charge is 0.436 e. The van der Waals surface area contributed by atoms with E-state index in [9.17, 15) is 22.8 Å². The van der Waals surface area contributed by atoms with E-state index in [-0.39, 0.29) is 33.5 Å². The van der Waals surface area contributed by atoms with E-state index in [2.05, 4.69) is 30.4 Å². The maximum absolute atomic E-state index is 13.1. The largest absolute Gasteiger partial charge is 0.453 e. The van der Waals surface area contributed by atoms with Gasteiger partial charge in [0.05, 0.1) is 35.4 Å². The Labute approximate surface area is 191 Å². The molecule has 2 aromatic carbocycles. The van der Waals surface area contributed by atoms with Crippen molar-refractivity contribution in [1.29, 1.82) is 0 Å². The van der Waals surface area contributed by atoms with Gasteiger partial charge in [-0.2, -0.15) is 0 Å². The topological polar surface area (TPSA) is 152 Å². The van der Waals surface area contributed by atoms with Crippen molar-refractivity contribution in [3.05, 3.63) is 48.0 Å². The van der Waals surface area contributed by atoms with Crippen LogP contribution in [0.4, 0.5) is 21.0 Å². The van der Waals surface area contributed by atoms with Gasteiger partial charge in [0.25, 0.3) is 0 Å². The number of amides is 3. The Hall–Kier alpha value is -3.93. The number of benzene rings is 2. The van der Waals surface area contributed by atoms with E-state index in [0.29, 0.717) is 0 Å². The number of anilines is 2. The Morgan fingerprint density at radius 3 is 2.12 bits per heavy atom. The molecule has 11 nitrogen and oxygen atoms in total. The minimum absolute atomic E-state index is 0.0454. The number of methoxy groups -OCH3 is 2. The van der Waals surface area contributed by atoms with Crippen LogP contribution in [0.2, 0.25) is 0 Å². The molecular formula is C21H24N4O7S. The molecule has 0 aliphatic carbocycles. The number of carbonyl (C=O) groups excluding carboxylic acids is 3. The molecule has 0 heterocycles. The lowest BCUT2D eigenvalue weighted by molar-refractivity contribution is -0.115. The predicted octanol–water partition coefficient (Wildman–Crippen LogP) is 3.07. The molecule has 0 bridgehead atoms. The highest BCUT2D eigenvalue weighted by Gasteiger charge is 2.21. The summed E-state index contributed by atoms with van der Waals surface area (Å²) in [5.74, 6) is -0.759. The van der Waals surface area contributed by atoms with Gasteiger partial charge in [-0.1, -0.05) is 24.6 Å². The Balaban J connectivity index is 2.57. The lowest BCUT2D eigenvalue weighted by Crippen LogP contribution is -2.36. The first-order valence-corrected chi connectivity index (χ1v) is 11.1. The van der Waals surface area contributed by atoms with Crippen molar-refractivity contribution in [1.82, 2.24) is 5.32 Å². The second-order valence-corrected chi connectivity index (χ2v) is 8.55. The minimum Gasteiger partial charge on any atom is -0.453 e. The highest BCUT2D eigenvalue weighted by atomic mass is 32.2. The van der Waals surface area contributed by atoms with Gasteiger partial charge in [-0.05, 0) is 37.3 Å². The van der Waals surface area contributed by atoms with Crippen molar-refractivity contribution >= 4 is 45.3 Å². The number of nitrogens with zero attached hydrogens (tertiary/aromatic N) is 1. The van der Waals surface area contributed by atoms with Crippen LogP contribution in [-0.4, -0.2) is 46.7 Å². The van der Waals surface area contributed by atoms with Crippen molar-refractivity contribution in [2.24, 2.45) is 4.99 Å². The van der Waals surface area contributed by atoms with Gasteiger partial charge in [-0.3, -0.25) is 10.1 Å². The van der Waals surface area contributed by atoms with Gasteiger partial charge < -0.3 is 20.1 Å². The summed E-state index contributed by atoms with van der Waals surface area (Å²) >= 11 is 0. The molecule has 0 fully saturated rings. The van der Waals surface area contributed by atoms with Crippen molar-refractivity contribution in [3.8, 4) is 0 Å². The molecule has 0 aliphatic heterocycles. The number of hydrogen-bond acceptors (Lipinski definition) is 7. The Bertz CT molecular complexity index is 1180. The number of rotatable bonds is 5. The average Bonchev–Trinajstić information content (AvgIpc) is 2.79. The zero-order chi connectivity index (χ0) is 24.6. The zero-order valence-electron chi connectivity index (χ0n) is 18.5. The first kappa shape index (κ1) is 25.3. The van der Waals surface area contributed by atoms with E-state index in [1.165, 1.54) is 30.3 Å². The van der Waals surface area contributed by atoms with Gasteiger partial charge in [-0.25, -0.2) is 18.0 Å². The molecule has 0 radical (unpaired) electrons. The summed E-state index contributed by atoms with van der Waals surface area (Å²) in [6.45, 7) is 3.47. The first-order chi connectivity index (χ1) is 15.6. The molecule has 2 rings (SSSR count). The van der Waals surface area contributed by atoms with Gasteiger partial charge in [0.15, 0.2) is 0 Å². The normalized spacial score (nSPS) is 11.3. The minimum atomic E-state index is -3.92. The van der Waals surface area contributed by atoms with E-state index in [4.69, 9.17) is 0 Å². The van der Waals surface area contributed by atoms with Gasteiger partial charge in [-0.15, -0.1) is 4.99 Å². The second kappa shape index (κ2) is 11.1. The number of sulfone groups is 1. The van der Waals surface area contributed by atoms with Crippen molar-refractivity contribution < 1.29 is 32.3 Å². The van der Waals surface area contributed by atoms with E-state index in [1.807, 2.05) is 6.92 Å². The summed E-state index contributed by atoms with van der Waals surface area (Å²) < 4.78 is 35.2. The number of hydrogen-bond donors (Lipinski definition) is 3. The van der Waals surface area contributed by atoms with Crippen LogP contribution in [0.5, 0.6) is 0 Å². The number of guanidine groups is 1. The summed E-state index contributed by atoms with van der Waals surface area (Å²) in [6, 6.07) is 10.3. The zero-order valence-corrected chi connectivity index (χ0v) is 19.3. The molecule has 12 heteroatoms. The average molecular weight is 477 g/mol. The van der Waals surface area contributed by atoms with Gasteiger partial charge in [0.2, 0.25) is 21.7 Å². The molecule has 3 amide bonds. The number of nitrogens with one attached hydrogen (secondary N) is 3. The fourth-order valence-electron chi connectivity index (χ4n) is 2.49. The fourth-order valence-corrected chi connectivity index (χ4v) is 3.78. The molecule has 2 aromatic rings. The monoisotopic (exact) mass is 476 g/mol. The molecule has 33 heavy (non-hydrogen) atoms. The first-order valence-electron chi connectivity index (χ1n) is 9.65. The molecule has 0 aromatic heterocycles. The molecule has 0 aliphatic rings. The molecule has 3 N–H and O–H groups in total. The molecule has 176 valence electrons. The number of aliphatic imine (C=N–C) groups is 1. The van der Waals surface area contributed by atoms with Crippen molar-refractivity contribution in [3.63, 3.8) is 0 Å². The second-order valence-electron chi connectivity index (χ2n) is 6.60. The van der Waals surface area contributed by atoms with Crippen LogP contribution in [0.3, 0.4) is 0 Å². The van der Waals surface area contributed by atoms with Crippen LogP contribution in [0, 0.1) is 6.92 Å². The Morgan fingerprint density at radius 2 is 1.55 bits per heavy atom. The van der Waals surface area contributed by atoms with Gasteiger partial charge in [0, 0.05) is 6.42 Å². The number of ether oxygens (including phenoxy) is 2. The third-order valence-electron chi connectivity index (χ3n) is 4.26. The van der Waals surface area contributed by atoms with Gasteiger partial charge in [0.1, 0.15) is 0 Å². The van der Waals surface area contributed by atoms with Gasteiger partial charge >= 0.3 is 12.2 Å². The van der Waals surface area contributed by atoms with Crippen LogP contribution in [-0.2, 0) is 24.1 Å². The third-order valence-corrected chi connectivity index (χ3v) is 6.03. The predicted molar refractivity (Wildman–Crippen MR) is 121 cm³/mol. The highest BCUT2D eigenvalue weighted by molar-refractivity contribution is 7.91. The number of aryl methyl sites for hydroxylation is 1. The van der Waals surface area contributed by atoms with E-state index in [0.717, 1.165) is 19.8 Å². The third kappa shape index (κ3) is 6.77. The molecule has 0 saturated carbocycles. The molecular weight excluding hydrogens is 452 g/mol. The summed E-state index contributed by atoms with van der Waals surface area (Å²) in [5, 5.41) is 7.44. The Morgan fingerprint density at radius 1 is 0.909 bits per heavy atom. The van der Waals surface area contributed by atoms with Crippen LogP contribution >= 0.6 is 0 Å². The maximum atomic E-state index is 13.1. The SMILES string of the molecule is CCC(=O)Nc1ccc(S(=O)(=O)c2ccc(C)cc2)cc1NC(=NC(=O)OC)NC(=O)OC. The van der Waals surface area contributed by atoms with E-state index < -0.39 is 28.0 Å². The summed E-state index contributed by atoms with van der Waals surface area (Å²) in [7, 11) is -1.73. The van der Waals surface area contributed by atoms with Crippen LogP contribution < -0.4 is 16.0 Å². The number of alkyl carbamates (subject to hydrolysis) is 1. The van der Waals surface area contributed by atoms with Crippen molar-refractivity contribution in [2.75, 3.05) is 24.9 Å². The summed E-state index contributed by atoms with van der Waals surface area (Å²) in [5.41, 5.74) is 1.13. The molecule has 0 spiro atoms. The Kier molecular flexibility index (Phi) is 8.51. The summed E-state index contributed by atoms with van der Waals surface area (Å²) in [6.07, 6.45) is -1.84. The maximum Gasteiger partial charge on any atom is 0.436 e. The van der Waals surface area contributed by atoms with Crippen LogP contribution in [0.15, 0.2) is 57.2 Å². The molecule has 0 saturated heterocycles. The van der Waals surface area contributed by atoms with Crippen molar-refractivity contribution in [2.45, 2.75) is 30.1 Å². The lowest BCUT2D eigenvalue weighted by atomic mass is 10.2. The standard InChI is InChI=1S/C21H24N4O7S/c1-5-18(26)22-16-11-10-15(33(29,30)14-8-6-13(2)7-9-14)12-17(16)23-19(24-20(27)31-3)25-21(28)32-4/h6-12H,5H2,1-4H3,(H,22,26)(H2,23,24,25,27,28).